The van der Waals surface area contributed by atoms with Gasteiger partial charge in [-0.05, 0) is 40.2 Å². The molecule has 1 atom stereocenters. The third-order valence-electron chi connectivity index (χ3n) is 2.79. The van der Waals surface area contributed by atoms with E-state index in [0.717, 1.165) is 19.4 Å². The molecule has 1 heterocycles. The molecule has 0 spiro atoms. The van der Waals surface area contributed by atoms with E-state index in [9.17, 15) is 13.2 Å². The maximum Gasteiger partial charge on any atom is 0.323 e. The van der Waals surface area contributed by atoms with Crippen molar-refractivity contribution < 1.29 is 17.9 Å². The molecule has 1 rings (SSSR count). The molecular weight excluding hydrogens is 254 g/mol. The third-order valence-corrected chi connectivity index (χ3v) is 3.72. The van der Waals surface area contributed by atoms with Gasteiger partial charge in [0.05, 0.1) is 5.75 Å². The summed E-state index contributed by atoms with van der Waals surface area (Å²) in [6.45, 7) is 6.67. The smallest absolute Gasteiger partial charge is 0.323 e. The first-order valence-electron chi connectivity index (χ1n) is 6.23. The Balaban J connectivity index is 2.57. The summed E-state index contributed by atoms with van der Waals surface area (Å²) < 4.78 is 27.7. The van der Waals surface area contributed by atoms with Crippen LogP contribution in [-0.4, -0.2) is 56.0 Å². The van der Waals surface area contributed by atoms with Crippen LogP contribution in [0, 0.1) is 0 Å². The average Bonchev–Trinajstić information content (AvgIpc) is 2.58. The van der Waals surface area contributed by atoms with Gasteiger partial charge in [-0.3, -0.25) is 9.69 Å². The number of rotatable bonds is 4. The van der Waals surface area contributed by atoms with Crippen LogP contribution >= 0.6 is 0 Å². The normalized spacial score (nSPS) is 22.1. The van der Waals surface area contributed by atoms with Crippen molar-refractivity contribution in [2.24, 2.45) is 0 Å². The highest BCUT2D eigenvalue weighted by atomic mass is 32.2. The second-order valence-corrected chi connectivity index (χ2v) is 8.12. The number of hydrogen-bond donors (Lipinski definition) is 0. The molecule has 1 fully saturated rings. The highest BCUT2D eigenvalue weighted by Gasteiger charge is 2.34. The van der Waals surface area contributed by atoms with E-state index in [-0.39, 0.29) is 17.8 Å². The van der Waals surface area contributed by atoms with Crippen molar-refractivity contribution in [3.63, 3.8) is 0 Å². The Morgan fingerprint density at radius 3 is 2.50 bits per heavy atom. The summed E-state index contributed by atoms with van der Waals surface area (Å²) in [5.74, 6) is -0.153. The zero-order chi connectivity index (χ0) is 14.0. The van der Waals surface area contributed by atoms with Crippen molar-refractivity contribution in [2.75, 3.05) is 25.1 Å². The first-order chi connectivity index (χ1) is 8.08. The van der Waals surface area contributed by atoms with Gasteiger partial charge in [0.1, 0.15) is 21.5 Å². The van der Waals surface area contributed by atoms with Crippen molar-refractivity contribution in [3.8, 4) is 0 Å². The second-order valence-electron chi connectivity index (χ2n) is 5.86. The summed E-state index contributed by atoms with van der Waals surface area (Å²) in [4.78, 5) is 13.9. The highest BCUT2D eigenvalue weighted by Crippen LogP contribution is 2.20. The number of carbonyl (C=O) groups is 1. The molecule has 0 saturated carbocycles. The van der Waals surface area contributed by atoms with Crippen molar-refractivity contribution in [2.45, 2.75) is 45.3 Å². The minimum atomic E-state index is -2.99. The van der Waals surface area contributed by atoms with E-state index in [1.54, 1.807) is 0 Å². The van der Waals surface area contributed by atoms with Gasteiger partial charge in [0.15, 0.2) is 0 Å². The molecule has 5 nitrogen and oxygen atoms in total. The molecule has 0 aromatic heterocycles. The fourth-order valence-electron chi connectivity index (χ4n) is 2.01. The molecule has 1 aliphatic rings. The zero-order valence-corrected chi connectivity index (χ0v) is 12.4. The highest BCUT2D eigenvalue weighted by molar-refractivity contribution is 7.90. The van der Waals surface area contributed by atoms with Gasteiger partial charge in [-0.25, -0.2) is 8.42 Å². The number of carbonyl (C=O) groups excluding carboxylic acids is 1. The number of nitrogens with zero attached hydrogens (tertiary/aromatic N) is 1. The Bertz CT molecular complexity index is 397. The van der Waals surface area contributed by atoms with Gasteiger partial charge >= 0.3 is 5.97 Å². The van der Waals surface area contributed by atoms with E-state index < -0.39 is 15.4 Å². The monoisotopic (exact) mass is 277 g/mol. The average molecular weight is 277 g/mol. The van der Waals surface area contributed by atoms with Crippen LogP contribution in [0.15, 0.2) is 0 Å². The van der Waals surface area contributed by atoms with Gasteiger partial charge < -0.3 is 4.74 Å². The number of esters is 1. The molecule has 18 heavy (non-hydrogen) atoms. The van der Waals surface area contributed by atoms with E-state index in [1.807, 2.05) is 25.7 Å². The predicted molar refractivity (Wildman–Crippen MR) is 70.2 cm³/mol. The fraction of sp³-hybridized carbons (Fsp3) is 0.917. The largest absolute Gasteiger partial charge is 0.459 e. The maximum absolute atomic E-state index is 12.0. The molecular formula is C12H23NO4S. The van der Waals surface area contributed by atoms with Gasteiger partial charge in [0, 0.05) is 12.8 Å². The Kier molecular flexibility index (Phi) is 4.78. The summed E-state index contributed by atoms with van der Waals surface area (Å²) in [5, 5.41) is 0. The minimum absolute atomic E-state index is 0.0896. The Morgan fingerprint density at radius 2 is 2.00 bits per heavy atom. The molecule has 0 amide bonds. The maximum atomic E-state index is 12.0. The van der Waals surface area contributed by atoms with E-state index in [1.165, 1.54) is 6.26 Å². The van der Waals surface area contributed by atoms with Crippen LogP contribution in [0.3, 0.4) is 0 Å². The summed E-state index contributed by atoms with van der Waals surface area (Å²) in [6.07, 6.45) is 2.87. The lowest BCUT2D eigenvalue weighted by Crippen LogP contribution is -2.42. The molecule has 0 aromatic rings. The Morgan fingerprint density at radius 1 is 1.39 bits per heavy atom. The van der Waals surface area contributed by atoms with Crippen molar-refractivity contribution >= 4 is 15.8 Å². The quantitative estimate of drug-likeness (QED) is 0.712. The Hall–Kier alpha value is -0.620. The van der Waals surface area contributed by atoms with Crippen molar-refractivity contribution in [1.29, 1.82) is 0 Å². The minimum Gasteiger partial charge on any atom is -0.459 e. The van der Waals surface area contributed by atoms with Crippen LogP contribution in [0.25, 0.3) is 0 Å². The van der Waals surface area contributed by atoms with Gasteiger partial charge in [-0.1, -0.05) is 0 Å². The van der Waals surface area contributed by atoms with Crippen molar-refractivity contribution in [3.05, 3.63) is 0 Å². The van der Waals surface area contributed by atoms with E-state index >= 15 is 0 Å². The van der Waals surface area contributed by atoms with Crippen LogP contribution in [0.2, 0.25) is 0 Å². The number of sulfone groups is 1. The lowest BCUT2D eigenvalue weighted by molar-refractivity contribution is -0.160. The number of ether oxygens (including phenoxy) is 1. The molecule has 106 valence electrons. The SMILES string of the molecule is CC(C)(C)OC(=O)[C@H]1CCCN1CCS(C)(=O)=O. The molecule has 0 radical (unpaired) electrons. The van der Waals surface area contributed by atoms with Gasteiger partial charge in [0.2, 0.25) is 0 Å². The van der Waals surface area contributed by atoms with Gasteiger partial charge in [-0.15, -0.1) is 0 Å². The molecule has 0 N–H and O–H groups in total. The van der Waals surface area contributed by atoms with E-state index in [4.69, 9.17) is 4.74 Å². The zero-order valence-electron chi connectivity index (χ0n) is 11.6. The molecule has 1 aliphatic heterocycles. The fourth-order valence-corrected chi connectivity index (χ4v) is 2.58. The standard InChI is InChI=1S/C12H23NO4S/c1-12(2,3)17-11(14)10-6-5-7-13(10)8-9-18(4,15)16/h10H,5-9H2,1-4H3/t10-/m1/s1. The molecule has 6 heteroatoms. The number of likely N-dealkylation sites (tertiary alicyclic amines) is 1. The molecule has 0 aromatic carbocycles. The van der Waals surface area contributed by atoms with Crippen molar-refractivity contribution in [1.82, 2.24) is 4.90 Å². The molecule has 0 unspecified atom stereocenters. The summed E-state index contributed by atoms with van der Waals surface area (Å²) in [7, 11) is -2.99. The van der Waals surface area contributed by atoms with Crippen LogP contribution in [-0.2, 0) is 19.4 Å². The summed E-state index contributed by atoms with van der Waals surface area (Å²) in [5.41, 5.74) is -0.498. The molecule has 0 aliphatic carbocycles. The van der Waals surface area contributed by atoms with Crippen LogP contribution in [0.1, 0.15) is 33.6 Å². The van der Waals surface area contributed by atoms with Crippen LogP contribution in [0.4, 0.5) is 0 Å². The van der Waals surface area contributed by atoms with Crippen LogP contribution < -0.4 is 0 Å². The topological polar surface area (TPSA) is 63.7 Å². The van der Waals surface area contributed by atoms with Gasteiger partial charge in [-0.2, -0.15) is 0 Å². The first kappa shape index (κ1) is 15.4. The molecule has 0 bridgehead atoms. The van der Waals surface area contributed by atoms with E-state index in [0.29, 0.717) is 6.54 Å². The number of hydrogen-bond acceptors (Lipinski definition) is 5. The Labute approximate surface area is 109 Å². The lowest BCUT2D eigenvalue weighted by Gasteiger charge is -2.27. The molecule has 1 saturated heterocycles. The van der Waals surface area contributed by atoms with Gasteiger partial charge in [0.25, 0.3) is 0 Å². The summed E-state index contributed by atoms with van der Waals surface area (Å²) >= 11 is 0. The summed E-state index contributed by atoms with van der Waals surface area (Å²) in [6, 6.07) is -0.286. The lowest BCUT2D eigenvalue weighted by atomic mass is 10.1. The van der Waals surface area contributed by atoms with Crippen LogP contribution in [0.5, 0.6) is 0 Å². The second kappa shape index (κ2) is 5.57. The first-order valence-corrected chi connectivity index (χ1v) is 8.29. The predicted octanol–water partition coefficient (Wildman–Crippen LogP) is 0.837. The third kappa shape index (κ3) is 5.35. The van der Waals surface area contributed by atoms with E-state index in [2.05, 4.69) is 0 Å².